The molecule has 1 unspecified atom stereocenters. The van der Waals surface area contributed by atoms with Crippen LogP contribution in [-0.2, 0) is 14.3 Å². The van der Waals surface area contributed by atoms with Gasteiger partial charge in [-0.2, -0.15) is 5.01 Å². The van der Waals surface area contributed by atoms with Crippen molar-refractivity contribution in [3.63, 3.8) is 0 Å². The summed E-state index contributed by atoms with van der Waals surface area (Å²) in [5, 5.41) is 8.23. The number of rotatable bonds is 4. The van der Waals surface area contributed by atoms with Crippen LogP contribution in [0, 0.1) is 0 Å². The summed E-state index contributed by atoms with van der Waals surface area (Å²) in [6.07, 6.45) is 3.16. The Kier molecular flexibility index (Phi) is 4.47. The highest BCUT2D eigenvalue weighted by molar-refractivity contribution is 5.98. The van der Waals surface area contributed by atoms with E-state index in [9.17, 15) is 9.59 Å². The molecule has 1 atom stereocenters. The van der Waals surface area contributed by atoms with Crippen LogP contribution in [0.1, 0.15) is 25.8 Å². The maximum Gasteiger partial charge on any atom is 0.243 e. The predicted octanol–water partition coefficient (Wildman–Crippen LogP) is 2.37. The Balaban J connectivity index is 1.77. The zero-order valence-electron chi connectivity index (χ0n) is 14.0. The number of para-hydroxylation sites is 1. The molecule has 0 bridgehead atoms. The molecule has 3 rings (SSSR count). The van der Waals surface area contributed by atoms with Crippen LogP contribution in [0.2, 0.25) is 0 Å². The van der Waals surface area contributed by atoms with Crippen LogP contribution in [0.5, 0.6) is 0 Å². The summed E-state index contributed by atoms with van der Waals surface area (Å²) in [5.41, 5.74) is 0.177. The first-order valence-electron chi connectivity index (χ1n) is 7.82. The van der Waals surface area contributed by atoms with E-state index in [1.165, 1.54) is 11.9 Å². The molecule has 0 radical (unpaired) electrons. The van der Waals surface area contributed by atoms with Gasteiger partial charge in [-0.25, -0.2) is 0 Å². The van der Waals surface area contributed by atoms with Gasteiger partial charge in [0.05, 0.1) is 6.42 Å². The highest BCUT2D eigenvalue weighted by Crippen LogP contribution is 2.30. The van der Waals surface area contributed by atoms with Gasteiger partial charge < -0.3 is 10.1 Å². The topological polar surface area (TPSA) is 83.9 Å². The number of pyridine rings is 1. The van der Waals surface area contributed by atoms with E-state index in [1.54, 1.807) is 43.6 Å². The molecule has 1 N–H and O–H groups in total. The second-order valence-corrected chi connectivity index (χ2v) is 5.84. The van der Waals surface area contributed by atoms with Gasteiger partial charge in [-0.05, 0) is 31.2 Å². The van der Waals surface area contributed by atoms with Crippen molar-refractivity contribution in [3.8, 4) is 0 Å². The number of carbonyl (C=O) groups excluding carboxylic acids is 2. The molecule has 1 aromatic carbocycles. The van der Waals surface area contributed by atoms with E-state index in [0.717, 1.165) is 0 Å². The minimum atomic E-state index is -1.19. The second-order valence-electron chi connectivity index (χ2n) is 5.84. The molecule has 1 aliphatic rings. The van der Waals surface area contributed by atoms with Crippen LogP contribution >= 0.6 is 0 Å². The molecule has 0 spiro atoms. The van der Waals surface area contributed by atoms with E-state index in [2.05, 4.69) is 15.4 Å². The molecule has 0 saturated carbocycles. The van der Waals surface area contributed by atoms with Gasteiger partial charge in [0.2, 0.25) is 23.4 Å². The first-order chi connectivity index (χ1) is 12.0. The molecule has 7 heteroatoms. The monoisotopic (exact) mass is 338 g/mol. The highest BCUT2D eigenvalue weighted by Gasteiger charge is 2.45. The van der Waals surface area contributed by atoms with Gasteiger partial charge in [0.15, 0.2) is 0 Å². The fourth-order valence-corrected chi connectivity index (χ4v) is 2.62. The summed E-state index contributed by atoms with van der Waals surface area (Å²) < 4.78 is 5.88. The average Bonchev–Trinajstić information content (AvgIpc) is 2.94. The lowest BCUT2D eigenvalue weighted by Crippen LogP contribution is -2.46. The molecule has 0 saturated heterocycles. The van der Waals surface area contributed by atoms with E-state index in [-0.39, 0.29) is 24.1 Å². The van der Waals surface area contributed by atoms with Crippen molar-refractivity contribution < 1.29 is 14.3 Å². The fourth-order valence-electron chi connectivity index (χ4n) is 2.62. The molecule has 7 nitrogen and oxygen atoms in total. The van der Waals surface area contributed by atoms with Crippen molar-refractivity contribution in [1.82, 2.24) is 9.99 Å². The molecule has 1 aliphatic heterocycles. The number of amides is 2. The molecular formula is C18H18N4O3. The number of nitrogens with one attached hydrogen (secondary N) is 1. The summed E-state index contributed by atoms with van der Waals surface area (Å²) in [4.78, 5) is 28.3. The van der Waals surface area contributed by atoms with Gasteiger partial charge in [0, 0.05) is 30.6 Å². The van der Waals surface area contributed by atoms with Gasteiger partial charge in [-0.1, -0.05) is 18.2 Å². The van der Waals surface area contributed by atoms with E-state index in [1.807, 2.05) is 18.2 Å². The number of anilines is 1. The van der Waals surface area contributed by atoms with Crippen molar-refractivity contribution in [2.24, 2.45) is 5.10 Å². The van der Waals surface area contributed by atoms with Gasteiger partial charge >= 0.3 is 0 Å². The first kappa shape index (κ1) is 16.6. The zero-order chi connectivity index (χ0) is 17.9. The van der Waals surface area contributed by atoms with Gasteiger partial charge in [-0.15, -0.1) is 5.10 Å². The summed E-state index contributed by atoms with van der Waals surface area (Å²) >= 11 is 0. The largest absolute Gasteiger partial charge is 0.447 e. The fraction of sp³-hybridized carbons (Fsp3) is 0.222. The SMILES string of the molecule is CC(=O)N1N=C(c2ccncc2)OC1(C)CC(=O)Nc1ccccc1. The Morgan fingerprint density at radius 3 is 2.48 bits per heavy atom. The Bertz CT molecular complexity index is 808. The second kappa shape index (κ2) is 6.72. The van der Waals surface area contributed by atoms with Gasteiger partial charge in [0.25, 0.3) is 0 Å². The van der Waals surface area contributed by atoms with E-state index in [0.29, 0.717) is 11.3 Å². The molecular weight excluding hydrogens is 320 g/mol. The molecule has 2 heterocycles. The van der Waals surface area contributed by atoms with Crippen LogP contribution < -0.4 is 5.32 Å². The molecule has 0 aliphatic carbocycles. The smallest absolute Gasteiger partial charge is 0.243 e. The van der Waals surface area contributed by atoms with Crippen LogP contribution in [0.4, 0.5) is 5.69 Å². The third-order valence-corrected chi connectivity index (χ3v) is 3.73. The minimum Gasteiger partial charge on any atom is -0.447 e. The van der Waals surface area contributed by atoms with E-state index >= 15 is 0 Å². The van der Waals surface area contributed by atoms with Crippen molar-refractivity contribution in [3.05, 3.63) is 60.4 Å². The van der Waals surface area contributed by atoms with E-state index in [4.69, 9.17) is 4.74 Å². The average molecular weight is 338 g/mol. The lowest BCUT2D eigenvalue weighted by molar-refractivity contribution is -0.147. The Morgan fingerprint density at radius 2 is 1.84 bits per heavy atom. The maximum absolute atomic E-state index is 12.4. The predicted molar refractivity (Wildman–Crippen MR) is 92.5 cm³/mol. The van der Waals surface area contributed by atoms with Gasteiger partial charge in [-0.3, -0.25) is 14.6 Å². The van der Waals surface area contributed by atoms with Crippen molar-refractivity contribution in [1.29, 1.82) is 0 Å². The number of hydrazone groups is 1. The van der Waals surface area contributed by atoms with Crippen molar-refractivity contribution in [2.45, 2.75) is 26.0 Å². The summed E-state index contributed by atoms with van der Waals surface area (Å²) in [6.45, 7) is 3.05. The Hall–Kier alpha value is -3.22. The number of carbonyl (C=O) groups is 2. The Morgan fingerprint density at radius 1 is 1.16 bits per heavy atom. The first-order valence-corrected chi connectivity index (χ1v) is 7.82. The number of ether oxygens (including phenoxy) is 1. The quantitative estimate of drug-likeness (QED) is 0.927. The summed E-state index contributed by atoms with van der Waals surface area (Å²) in [5.74, 6) is -0.294. The standard InChI is InChI=1S/C18H18N4O3/c1-13(23)22-18(2,12-16(24)20-15-6-4-3-5-7-15)25-17(21-22)14-8-10-19-11-9-14/h3-11H,12H2,1-2H3,(H,20,24). The molecule has 128 valence electrons. The number of benzene rings is 1. The number of hydrogen-bond donors (Lipinski definition) is 1. The van der Waals surface area contributed by atoms with E-state index < -0.39 is 5.72 Å². The Labute approximate surface area is 145 Å². The summed E-state index contributed by atoms with van der Waals surface area (Å²) in [6, 6.07) is 12.6. The maximum atomic E-state index is 12.4. The van der Waals surface area contributed by atoms with Crippen LogP contribution in [0.15, 0.2) is 60.0 Å². The number of aromatic nitrogens is 1. The minimum absolute atomic E-state index is 0.0560. The third kappa shape index (κ3) is 3.65. The number of nitrogens with zero attached hydrogens (tertiary/aromatic N) is 3. The van der Waals surface area contributed by atoms with Gasteiger partial charge in [0.1, 0.15) is 0 Å². The molecule has 25 heavy (non-hydrogen) atoms. The molecule has 2 amide bonds. The number of hydrogen-bond acceptors (Lipinski definition) is 5. The third-order valence-electron chi connectivity index (χ3n) is 3.73. The zero-order valence-corrected chi connectivity index (χ0v) is 14.0. The van der Waals surface area contributed by atoms with Crippen LogP contribution in [0.3, 0.4) is 0 Å². The van der Waals surface area contributed by atoms with Crippen molar-refractivity contribution in [2.75, 3.05) is 5.32 Å². The lowest BCUT2D eigenvalue weighted by atomic mass is 10.1. The lowest BCUT2D eigenvalue weighted by Gasteiger charge is -2.30. The van der Waals surface area contributed by atoms with Crippen molar-refractivity contribution >= 4 is 23.4 Å². The molecule has 0 fully saturated rings. The normalized spacial score (nSPS) is 19.1. The van der Waals surface area contributed by atoms with Crippen LogP contribution in [0.25, 0.3) is 0 Å². The van der Waals surface area contributed by atoms with Crippen LogP contribution in [-0.4, -0.2) is 33.4 Å². The summed E-state index contributed by atoms with van der Waals surface area (Å²) in [7, 11) is 0. The molecule has 1 aromatic heterocycles. The molecule has 2 aromatic rings. The highest BCUT2D eigenvalue weighted by atomic mass is 16.6.